The van der Waals surface area contributed by atoms with Crippen LogP contribution in [0.3, 0.4) is 0 Å². The van der Waals surface area contributed by atoms with E-state index in [-0.39, 0.29) is 5.91 Å². The van der Waals surface area contributed by atoms with Crippen molar-refractivity contribution in [2.24, 2.45) is 0 Å². The number of piperidine rings is 1. The topological polar surface area (TPSA) is 51.2 Å². The normalized spacial score (nSPS) is 16.4. The van der Waals surface area contributed by atoms with E-state index >= 15 is 0 Å². The van der Waals surface area contributed by atoms with Gasteiger partial charge < -0.3 is 24.0 Å². The summed E-state index contributed by atoms with van der Waals surface area (Å²) in [7, 11) is 3.28. The molecule has 1 fully saturated rings. The van der Waals surface area contributed by atoms with Crippen molar-refractivity contribution in [1.82, 2.24) is 9.80 Å². The van der Waals surface area contributed by atoms with Crippen LogP contribution in [0.5, 0.6) is 17.2 Å². The van der Waals surface area contributed by atoms with Crippen molar-refractivity contribution < 1.29 is 19.0 Å². The number of amides is 1. The molecule has 1 saturated heterocycles. The molecule has 4 rings (SSSR count). The number of carbonyl (C=O) groups excluding carboxylic acids is 1. The van der Waals surface area contributed by atoms with E-state index in [9.17, 15) is 4.79 Å². The summed E-state index contributed by atoms with van der Waals surface area (Å²) < 4.78 is 16.7. The molecule has 0 spiro atoms. The first-order chi connectivity index (χ1) is 15.7. The lowest BCUT2D eigenvalue weighted by molar-refractivity contribution is 0.0734. The Balaban J connectivity index is 1.30. The van der Waals surface area contributed by atoms with E-state index in [1.54, 1.807) is 14.2 Å². The highest BCUT2D eigenvalue weighted by Gasteiger charge is 2.23. The Labute approximate surface area is 191 Å². The van der Waals surface area contributed by atoms with E-state index in [2.05, 4.69) is 4.90 Å². The number of fused-ring (bicyclic) bond motifs is 1. The smallest absolute Gasteiger partial charge is 0.254 e. The van der Waals surface area contributed by atoms with Gasteiger partial charge >= 0.3 is 0 Å². The molecule has 6 heteroatoms. The van der Waals surface area contributed by atoms with Crippen LogP contribution in [0.1, 0.15) is 47.2 Å². The molecule has 6 nitrogen and oxygen atoms in total. The van der Waals surface area contributed by atoms with Crippen molar-refractivity contribution in [2.45, 2.75) is 38.6 Å². The maximum atomic E-state index is 13.1. The average Bonchev–Trinajstić information content (AvgIpc) is 2.86. The van der Waals surface area contributed by atoms with Crippen molar-refractivity contribution in [3.63, 3.8) is 0 Å². The number of likely N-dealkylation sites (tertiary alicyclic amines) is 1. The molecule has 2 aliphatic rings. The second kappa shape index (κ2) is 10.7. The molecule has 0 saturated carbocycles. The Bertz CT molecular complexity index is 907. The summed E-state index contributed by atoms with van der Waals surface area (Å²) in [6.07, 6.45) is 5.84. The maximum absolute atomic E-state index is 13.1. The number of hydrogen-bond donors (Lipinski definition) is 0. The van der Waals surface area contributed by atoms with E-state index in [1.165, 1.54) is 37.9 Å². The first-order valence-electron chi connectivity index (χ1n) is 11.7. The van der Waals surface area contributed by atoms with Crippen LogP contribution in [0, 0.1) is 0 Å². The van der Waals surface area contributed by atoms with E-state index in [0.29, 0.717) is 31.0 Å². The fraction of sp³-hybridized carbons (Fsp3) is 0.500. The third kappa shape index (κ3) is 5.36. The van der Waals surface area contributed by atoms with Gasteiger partial charge in [-0.05, 0) is 86.3 Å². The molecule has 2 aromatic rings. The van der Waals surface area contributed by atoms with Gasteiger partial charge in [-0.1, -0.05) is 6.42 Å². The molecular weight excluding hydrogens is 404 g/mol. The van der Waals surface area contributed by atoms with Gasteiger partial charge in [-0.3, -0.25) is 4.79 Å². The maximum Gasteiger partial charge on any atom is 0.254 e. The lowest BCUT2D eigenvalue weighted by Gasteiger charge is -2.29. The number of nitrogens with zero attached hydrogens (tertiary/aromatic N) is 2. The lowest BCUT2D eigenvalue weighted by Crippen LogP contribution is -2.36. The monoisotopic (exact) mass is 438 g/mol. The Morgan fingerprint density at radius 2 is 1.59 bits per heavy atom. The highest BCUT2D eigenvalue weighted by Crippen LogP contribution is 2.33. The molecule has 2 aromatic carbocycles. The number of benzene rings is 2. The molecule has 2 heterocycles. The molecule has 0 N–H and O–H groups in total. The van der Waals surface area contributed by atoms with Gasteiger partial charge in [0.15, 0.2) is 11.5 Å². The van der Waals surface area contributed by atoms with E-state index < -0.39 is 0 Å². The van der Waals surface area contributed by atoms with E-state index in [1.807, 2.05) is 41.3 Å². The fourth-order valence-corrected chi connectivity index (χ4v) is 4.59. The quantitative estimate of drug-likeness (QED) is 0.580. The minimum absolute atomic E-state index is 0.0436. The minimum atomic E-state index is 0.0436. The summed E-state index contributed by atoms with van der Waals surface area (Å²) in [6.45, 7) is 5.51. The standard InChI is InChI=1S/C26H34N2O4/c1-30-24-17-21-11-15-28(19-22(21)18-25(24)31-2)26(29)20-7-9-23(10-8-20)32-16-6-14-27-12-4-3-5-13-27/h7-10,17-18H,3-6,11-16,19H2,1-2H3. The van der Waals surface area contributed by atoms with Gasteiger partial charge in [-0.2, -0.15) is 0 Å². The number of methoxy groups -OCH3 is 2. The summed E-state index contributed by atoms with van der Waals surface area (Å²) in [4.78, 5) is 17.5. The third-order valence-corrected chi connectivity index (χ3v) is 6.44. The second-order valence-electron chi connectivity index (χ2n) is 8.58. The number of carbonyl (C=O) groups is 1. The minimum Gasteiger partial charge on any atom is -0.494 e. The Morgan fingerprint density at radius 1 is 0.906 bits per heavy atom. The van der Waals surface area contributed by atoms with Crippen molar-refractivity contribution in [2.75, 3.05) is 47.0 Å². The molecular formula is C26H34N2O4. The Morgan fingerprint density at radius 3 is 2.28 bits per heavy atom. The van der Waals surface area contributed by atoms with Gasteiger partial charge in [0.1, 0.15) is 5.75 Å². The molecule has 2 aliphatic heterocycles. The molecule has 32 heavy (non-hydrogen) atoms. The van der Waals surface area contributed by atoms with Crippen LogP contribution in [-0.4, -0.2) is 62.7 Å². The zero-order valence-electron chi connectivity index (χ0n) is 19.3. The predicted octanol–water partition coefficient (Wildman–Crippen LogP) is 4.16. The number of ether oxygens (including phenoxy) is 3. The van der Waals surface area contributed by atoms with Crippen LogP contribution < -0.4 is 14.2 Å². The zero-order chi connectivity index (χ0) is 22.3. The first kappa shape index (κ1) is 22.5. The van der Waals surface area contributed by atoms with Crippen molar-refractivity contribution in [3.8, 4) is 17.2 Å². The highest BCUT2D eigenvalue weighted by atomic mass is 16.5. The molecule has 0 unspecified atom stereocenters. The number of rotatable bonds is 8. The fourth-order valence-electron chi connectivity index (χ4n) is 4.59. The lowest BCUT2D eigenvalue weighted by atomic mass is 9.98. The Hall–Kier alpha value is -2.73. The summed E-state index contributed by atoms with van der Waals surface area (Å²) >= 11 is 0. The molecule has 0 aliphatic carbocycles. The highest BCUT2D eigenvalue weighted by molar-refractivity contribution is 5.94. The SMILES string of the molecule is COc1cc2c(cc1OC)CN(C(=O)c1ccc(OCCCN3CCCCC3)cc1)CC2. The molecule has 0 atom stereocenters. The van der Waals surface area contributed by atoms with Gasteiger partial charge in [0.25, 0.3) is 5.91 Å². The van der Waals surface area contributed by atoms with Crippen molar-refractivity contribution in [1.29, 1.82) is 0 Å². The summed E-state index contributed by atoms with van der Waals surface area (Å²) in [5.41, 5.74) is 3.01. The molecule has 0 bridgehead atoms. The Kier molecular flexibility index (Phi) is 7.53. The number of hydrogen-bond acceptors (Lipinski definition) is 5. The van der Waals surface area contributed by atoms with E-state index in [0.717, 1.165) is 36.4 Å². The summed E-state index contributed by atoms with van der Waals surface area (Å²) in [6, 6.07) is 11.5. The zero-order valence-corrected chi connectivity index (χ0v) is 19.3. The van der Waals surface area contributed by atoms with Crippen LogP contribution in [-0.2, 0) is 13.0 Å². The van der Waals surface area contributed by atoms with Crippen molar-refractivity contribution >= 4 is 5.91 Å². The molecule has 1 amide bonds. The average molecular weight is 439 g/mol. The van der Waals surface area contributed by atoms with Crippen LogP contribution in [0.2, 0.25) is 0 Å². The molecule has 0 aromatic heterocycles. The summed E-state index contributed by atoms with van der Waals surface area (Å²) in [5.74, 6) is 2.29. The predicted molar refractivity (Wildman–Crippen MR) is 125 cm³/mol. The van der Waals surface area contributed by atoms with Crippen LogP contribution in [0.25, 0.3) is 0 Å². The molecule has 172 valence electrons. The van der Waals surface area contributed by atoms with E-state index in [4.69, 9.17) is 14.2 Å². The van der Waals surface area contributed by atoms with Gasteiger partial charge in [-0.25, -0.2) is 0 Å². The third-order valence-electron chi connectivity index (χ3n) is 6.44. The van der Waals surface area contributed by atoms with Gasteiger partial charge in [-0.15, -0.1) is 0 Å². The van der Waals surface area contributed by atoms with Crippen LogP contribution >= 0.6 is 0 Å². The summed E-state index contributed by atoms with van der Waals surface area (Å²) in [5, 5.41) is 0. The second-order valence-corrected chi connectivity index (χ2v) is 8.58. The van der Waals surface area contributed by atoms with Gasteiger partial charge in [0, 0.05) is 25.2 Å². The van der Waals surface area contributed by atoms with Crippen LogP contribution in [0.4, 0.5) is 0 Å². The largest absolute Gasteiger partial charge is 0.494 e. The first-order valence-corrected chi connectivity index (χ1v) is 11.7. The van der Waals surface area contributed by atoms with Gasteiger partial charge in [0.05, 0.1) is 20.8 Å². The van der Waals surface area contributed by atoms with Crippen LogP contribution in [0.15, 0.2) is 36.4 Å². The molecule has 0 radical (unpaired) electrons. The van der Waals surface area contributed by atoms with Crippen molar-refractivity contribution in [3.05, 3.63) is 53.1 Å². The van der Waals surface area contributed by atoms with Gasteiger partial charge in [0.2, 0.25) is 0 Å².